The van der Waals surface area contributed by atoms with Gasteiger partial charge < -0.3 is 0 Å². The van der Waals surface area contributed by atoms with Gasteiger partial charge in [-0.3, -0.25) is 0 Å². The third-order valence-electron chi connectivity index (χ3n) is 3.96. The Morgan fingerprint density at radius 3 is 1.45 bits per heavy atom. The van der Waals surface area contributed by atoms with Gasteiger partial charge in [0.1, 0.15) is 12.3 Å². The van der Waals surface area contributed by atoms with Crippen molar-refractivity contribution in [2.45, 2.75) is 105 Å². The number of rotatable bonds is 0. The molecule has 0 aromatic heterocycles. The predicted octanol–water partition coefficient (Wildman–Crippen LogP) is 7.37. The number of hydrogen-bond acceptors (Lipinski definition) is 0. The van der Waals surface area contributed by atoms with E-state index in [2.05, 4.69) is 0 Å². The molecule has 0 spiro atoms. The van der Waals surface area contributed by atoms with E-state index >= 15 is 0 Å². The number of halogens is 4. The number of hydrogen-bond donors (Lipinski definition) is 0. The first kappa shape index (κ1) is 24.0. The van der Waals surface area contributed by atoms with Crippen LogP contribution in [-0.4, -0.2) is 18.3 Å². The summed E-state index contributed by atoms with van der Waals surface area (Å²) in [6, 6.07) is 0. The average Bonchev–Trinajstić information content (AvgIpc) is 2.51. The van der Waals surface area contributed by atoms with Crippen molar-refractivity contribution in [3.05, 3.63) is 0 Å². The molecule has 3 unspecified atom stereocenters. The highest BCUT2D eigenvalue weighted by Gasteiger charge is 2.33. The third kappa shape index (κ3) is 11.3. The summed E-state index contributed by atoms with van der Waals surface area (Å²) in [6.07, 6.45) is 0.933. The topological polar surface area (TPSA) is 0 Å². The molecule has 3 atom stereocenters. The van der Waals surface area contributed by atoms with Gasteiger partial charge in [0.05, 0.1) is 0 Å². The van der Waals surface area contributed by atoms with Crippen LogP contribution in [-0.2, 0) is 0 Å². The summed E-state index contributed by atoms with van der Waals surface area (Å²) in [4.78, 5) is 0. The van der Waals surface area contributed by atoms with Crippen molar-refractivity contribution in [1.82, 2.24) is 0 Å². The van der Waals surface area contributed by atoms with E-state index in [9.17, 15) is 17.6 Å². The summed E-state index contributed by atoms with van der Waals surface area (Å²) >= 11 is 0. The summed E-state index contributed by atoms with van der Waals surface area (Å²) in [5, 5.41) is 0. The molecule has 0 aliphatic heterocycles. The van der Waals surface area contributed by atoms with Crippen LogP contribution in [0.5, 0.6) is 0 Å². The molecule has 136 valence electrons. The average molecular weight is 328 g/mol. The van der Waals surface area contributed by atoms with Crippen LogP contribution < -0.4 is 0 Å². The zero-order valence-electron chi connectivity index (χ0n) is 15.3. The first-order valence-electron chi connectivity index (χ1n) is 8.96. The quantitative estimate of drug-likeness (QED) is 0.407. The Hall–Kier alpha value is -0.280. The highest BCUT2D eigenvalue weighted by atomic mass is 19.3. The van der Waals surface area contributed by atoms with E-state index in [0.29, 0.717) is 37.5 Å². The summed E-state index contributed by atoms with van der Waals surface area (Å²) in [6.45, 7) is 12.0. The molecule has 0 N–H and O–H groups in total. The summed E-state index contributed by atoms with van der Waals surface area (Å²) in [5.74, 6) is -1.44. The van der Waals surface area contributed by atoms with Gasteiger partial charge in [-0.05, 0) is 43.9 Å². The second kappa shape index (κ2) is 13.2. The molecule has 0 radical (unpaired) electrons. The zero-order valence-corrected chi connectivity index (χ0v) is 15.3. The molecule has 2 saturated carbocycles. The molecule has 0 aromatic carbocycles. The Morgan fingerprint density at radius 1 is 0.682 bits per heavy atom. The Morgan fingerprint density at radius 2 is 1.14 bits per heavy atom. The first-order valence-corrected chi connectivity index (χ1v) is 8.96. The van der Waals surface area contributed by atoms with E-state index in [1.807, 2.05) is 41.5 Å². The van der Waals surface area contributed by atoms with Gasteiger partial charge in [-0.15, -0.1) is 0 Å². The molecule has 2 fully saturated rings. The van der Waals surface area contributed by atoms with Crippen LogP contribution in [0.1, 0.15) is 86.5 Å². The van der Waals surface area contributed by atoms with Crippen LogP contribution in [0.2, 0.25) is 0 Å². The van der Waals surface area contributed by atoms with E-state index in [0.717, 1.165) is 6.42 Å². The second-order valence-corrected chi connectivity index (χ2v) is 5.99. The Kier molecular flexibility index (Phi) is 14.4. The SMILES string of the molecule is CC.CC.CC1CCC(F)(F)CC1.CC1CCC(F)C(F)C1. The standard InChI is InChI=1S/2C7H12F2.2C2H6/c1-6-2-4-7(8,9)5-3-6;1-5-2-3-6(8)7(9)4-5;2*1-2/h6H,2-5H2,1H3;5-7H,2-4H2,1H3;2*1-2H3. The molecule has 2 aliphatic carbocycles. The van der Waals surface area contributed by atoms with Crippen LogP contribution in [0.25, 0.3) is 0 Å². The molecule has 0 saturated heterocycles. The van der Waals surface area contributed by atoms with Gasteiger partial charge in [0.15, 0.2) is 0 Å². The predicted molar refractivity (Wildman–Crippen MR) is 88.1 cm³/mol. The number of alkyl halides is 4. The fourth-order valence-electron chi connectivity index (χ4n) is 2.46. The minimum Gasteiger partial charge on any atom is -0.244 e. The van der Waals surface area contributed by atoms with E-state index in [4.69, 9.17) is 0 Å². The highest BCUT2D eigenvalue weighted by molar-refractivity contribution is 4.77. The minimum absolute atomic E-state index is 0.105. The van der Waals surface area contributed by atoms with Crippen LogP contribution in [0.3, 0.4) is 0 Å². The van der Waals surface area contributed by atoms with Crippen LogP contribution in [0.15, 0.2) is 0 Å². The fourth-order valence-corrected chi connectivity index (χ4v) is 2.46. The smallest absolute Gasteiger partial charge is 0.244 e. The van der Waals surface area contributed by atoms with Crippen molar-refractivity contribution < 1.29 is 17.6 Å². The van der Waals surface area contributed by atoms with Crippen molar-refractivity contribution in [2.24, 2.45) is 11.8 Å². The lowest BCUT2D eigenvalue weighted by Gasteiger charge is -2.25. The maximum Gasteiger partial charge on any atom is 0.248 e. The Labute approximate surface area is 135 Å². The van der Waals surface area contributed by atoms with E-state index < -0.39 is 18.3 Å². The van der Waals surface area contributed by atoms with Gasteiger partial charge in [0, 0.05) is 12.8 Å². The molecule has 0 bridgehead atoms. The van der Waals surface area contributed by atoms with Gasteiger partial charge in [-0.1, -0.05) is 41.5 Å². The van der Waals surface area contributed by atoms with Gasteiger partial charge >= 0.3 is 0 Å². The summed E-state index contributed by atoms with van der Waals surface area (Å²) < 4.78 is 49.6. The van der Waals surface area contributed by atoms with Crippen LogP contribution >= 0.6 is 0 Å². The van der Waals surface area contributed by atoms with Gasteiger partial charge in [0.25, 0.3) is 0 Å². The van der Waals surface area contributed by atoms with Gasteiger partial charge in [-0.25, -0.2) is 17.6 Å². The van der Waals surface area contributed by atoms with E-state index in [-0.39, 0.29) is 12.8 Å². The first-order chi connectivity index (χ1) is 10.3. The van der Waals surface area contributed by atoms with Crippen molar-refractivity contribution >= 4 is 0 Å². The monoisotopic (exact) mass is 328 g/mol. The molecular weight excluding hydrogens is 292 g/mol. The molecule has 0 aromatic rings. The van der Waals surface area contributed by atoms with E-state index in [1.165, 1.54) is 0 Å². The Balaban J connectivity index is 0. The molecule has 2 aliphatic rings. The minimum atomic E-state index is -2.34. The van der Waals surface area contributed by atoms with Crippen molar-refractivity contribution in [1.29, 1.82) is 0 Å². The largest absolute Gasteiger partial charge is 0.248 e. The van der Waals surface area contributed by atoms with Crippen molar-refractivity contribution in [3.8, 4) is 0 Å². The normalized spacial score (nSPS) is 30.5. The molecule has 4 heteroatoms. The van der Waals surface area contributed by atoms with Crippen LogP contribution in [0, 0.1) is 11.8 Å². The molecule has 22 heavy (non-hydrogen) atoms. The molecule has 2 rings (SSSR count). The lowest BCUT2D eigenvalue weighted by atomic mass is 9.88. The lowest BCUT2D eigenvalue weighted by molar-refractivity contribution is -0.0438. The third-order valence-corrected chi connectivity index (χ3v) is 3.96. The maximum absolute atomic E-state index is 12.5. The van der Waals surface area contributed by atoms with Crippen molar-refractivity contribution in [2.75, 3.05) is 0 Å². The summed E-state index contributed by atoms with van der Waals surface area (Å²) in [7, 11) is 0. The second-order valence-electron chi connectivity index (χ2n) is 5.99. The zero-order chi connectivity index (χ0) is 17.8. The summed E-state index contributed by atoms with van der Waals surface area (Å²) in [5.41, 5.74) is 0. The molecule has 0 nitrogen and oxygen atoms in total. The van der Waals surface area contributed by atoms with Crippen molar-refractivity contribution in [3.63, 3.8) is 0 Å². The fraction of sp³-hybridized carbons (Fsp3) is 1.00. The van der Waals surface area contributed by atoms with Gasteiger partial charge in [-0.2, -0.15) is 0 Å². The van der Waals surface area contributed by atoms with Gasteiger partial charge in [0.2, 0.25) is 5.92 Å². The molecular formula is C18H36F4. The Bertz CT molecular complexity index is 233. The lowest BCUT2D eigenvalue weighted by Crippen LogP contribution is -2.25. The maximum atomic E-state index is 12.5. The highest BCUT2D eigenvalue weighted by Crippen LogP contribution is 2.35. The molecule has 0 amide bonds. The van der Waals surface area contributed by atoms with E-state index in [1.54, 1.807) is 0 Å². The van der Waals surface area contributed by atoms with Crippen LogP contribution in [0.4, 0.5) is 17.6 Å². The molecule has 0 heterocycles.